The Hall–Kier alpha value is -3.22. The fraction of sp³-hybridized carbons (Fsp3) is 0.364. The number of nitrogens with one attached hydrogen (secondary N) is 1. The third-order valence-electron chi connectivity index (χ3n) is 5.12. The molecule has 1 N–H and O–H groups in total. The average molecular weight is 395 g/mol. The van der Waals surface area contributed by atoms with Gasteiger partial charge < -0.3 is 15.0 Å². The fourth-order valence-electron chi connectivity index (χ4n) is 3.47. The van der Waals surface area contributed by atoms with Gasteiger partial charge in [-0.2, -0.15) is 0 Å². The number of hydrogen-bond acceptors (Lipinski definition) is 5. The van der Waals surface area contributed by atoms with Crippen molar-refractivity contribution in [2.75, 3.05) is 25.5 Å². The summed E-state index contributed by atoms with van der Waals surface area (Å²) in [4.78, 5) is 42.8. The van der Waals surface area contributed by atoms with Gasteiger partial charge in [0.15, 0.2) is 0 Å². The number of hydrogen-bond donors (Lipinski definition) is 1. The molecule has 0 saturated carbocycles. The van der Waals surface area contributed by atoms with Crippen LogP contribution in [0.1, 0.15) is 34.3 Å². The number of methoxy groups -OCH3 is 1. The molecule has 1 aliphatic heterocycles. The average Bonchev–Trinajstić information content (AvgIpc) is 2.75. The lowest BCUT2D eigenvalue weighted by Crippen LogP contribution is -2.42. The van der Waals surface area contributed by atoms with E-state index in [1.165, 1.54) is 7.11 Å². The molecule has 0 radical (unpaired) electrons. The van der Waals surface area contributed by atoms with Crippen LogP contribution < -0.4 is 5.32 Å². The predicted molar refractivity (Wildman–Crippen MR) is 108 cm³/mol. The number of piperidine rings is 1. The first-order valence-corrected chi connectivity index (χ1v) is 9.64. The number of likely N-dealkylation sites (tertiary alicyclic amines) is 1. The number of benzene rings is 1. The number of carbonyl (C=O) groups excluding carboxylic acids is 3. The lowest BCUT2D eigenvalue weighted by atomic mass is 9.97. The Morgan fingerprint density at radius 3 is 2.69 bits per heavy atom. The molecule has 7 heteroatoms. The summed E-state index contributed by atoms with van der Waals surface area (Å²) >= 11 is 0. The lowest BCUT2D eigenvalue weighted by Gasteiger charge is -2.31. The van der Waals surface area contributed by atoms with Crippen LogP contribution >= 0.6 is 0 Å². The van der Waals surface area contributed by atoms with Gasteiger partial charge in [-0.15, -0.1) is 0 Å². The summed E-state index contributed by atoms with van der Waals surface area (Å²) in [6, 6.07) is 8.85. The van der Waals surface area contributed by atoms with Crippen LogP contribution in [0.3, 0.4) is 0 Å². The second kappa shape index (κ2) is 9.32. The van der Waals surface area contributed by atoms with Crippen molar-refractivity contribution in [3.05, 3.63) is 59.4 Å². The van der Waals surface area contributed by atoms with Crippen molar-refractivity contribution in [3.63, 3.8) is 0 Å². The summed E-state index contributed by atoms with van der Waals surface area (Å²) < 4.78 is 4.82. The van der Waals surface area contributed by atoms with E-state index in [1.807, 2.05) is 13.0 Å². The molecule has 1 atom stereocenters. The van der Waals surface area contributed by atoms with Crippen LogP contribution in [0, 0.1) is 12.8 Å². The van der Waals surface area contributed by atoms with Gasteiger partial charge in [0.05, 0.1) is 19.4 Å². The Bertz CT molecular complexity index is 898. The normalized spacial score (nSPS) is 16.2. The summed E-state index contributed by atoms with van der Waals surface area (Å²) in [7, 11) is 1.37. The number of ether oxygens (including phenoxy) is 1. The highest BCUT2D eigenvalue weighted by Crippen LogP contribution is 2.22. The van der Waals surface area contributed by atoms with Crippen LogP contribution in [0.2, 0.25) is 0 Å². The van der Waals surface area contributed by atoms with Gasteiger partial charge in [-0.1, -0.05) is 6.07 Å². The Balaban J connectivity index is 1.70. The number of pyridine rings is 1. The fourth-order valence-corrected chi connectivity index (χ4v) is 3.47. The number of rotatable bonds is 5. The molecule has 2 heterocycles. The smallest absolute Gasteiger partial charge is 0.310 e. The zero-order chi connectivity index (χ0) is 20.8. The van der Waals surface area contributed by atoms with E-state index in [4.69, 9.17) is 4.74 Å². The summed E-state index contributed by atoms with van der Waals surface area (Å²) in [6.45, 7) is 2.83. The molecule has 1 fully saturated rings. The van der Waals surface area contributed by atoms with Crippen LogP contribution in [0.4, 0.5) is 5.69 Å². The number of amides is 2. The van der Waals surface area contributed by atoms with Crippen LogP contribution in [0.25, 0.3) is 0 Å². The molecule has 1 unspecified atom stereocenters. The molecular formula is C22H25N3O4. The van der Waals surface area contributed by atoms with Crippen molar-refractivity contribution >= 4 is 23.5 Å². The molecule has 2 amide bonds. The summed E-state index contributed by atoms with van der Waals surface area (Å²) in [5.74, 6) is -0.881. The molecule has 1 saturated heterocycles. The van der Waals surface area contributed by atoms with Gasteiger partial charge in [0, 0.05) is 36.7 Å². The molecule has 2 aromatic rings. The minimum atomic E-state index is -0.289. The van der Waals surface area contributed by atoms with Crippen LogP contribution in [0.5, 0.6) is 0 Å². The maximum atomic E-state index is 13.0. The molecule has 7 nitrogen and oxygen atoms in total. The maximum Gasteiger partial charge on any atom is 0.310 e. The molecule has 1 aliphatic rings. The molecule has 29 heavy (non-hydrogen) atoms. The van der Waals surface area contributed by atoms with Crippen molar-refractivity contribution in [2.45, 2.75) is 26.2 Å². The van der Waals surface area contributed by atoms with E-state index in [0.717, 1.165) is 24.0 Å². The number of aryl methyl sites for hydroxylation is 1. The number of aromatic nitrogens is 1. The third-order valence-corrected chi connectivity index (χ3v) is 5.12. The number of nitrogens with zero attached hydrogens (tertiary/aromatic N) is 2. The number of anilines is 1. The minimum absolute atomic E-state index is 0.150. The Morgan fingerprint density at radius 1 is 1.21 bits per heavy atom. The molecule has 1 aromatic carbocycles. The van der Waals surface area contributed by atoms with E-state index >= 15 is 0 Å². The highest BCUT2D eigenvalue weighted by atomic mass is 16.5. The first-order chi connectivity index (χ1) is 14.0. The van der Waals surface area contributed by atoms with E-state index < -0.39 is 0 Å². The van der Waals surface area contributed by atoms with Gasteiger partial charge in [0.2, 0.25) is 5.91 Å². The van der Waals surface area contributed by atoms with Gasteiger partial charge in [0.1, 0.15) is 0 Å². The highest BCUT2D eigenvalue weighted by Gasteiger charge is 2.29. The molecule has 0 spiro atoms. The maximum absolute atomic E-state index is 13.0. The highest BCUT2D eigenvalue weighted by molar-refractivity contribution is 5.98. The molecule has 3 rings (SSSR count). The zero-order valence-electron chi connectivity index (χ0n) is 16.7. The monoisotopic (exact) mass is 395 g/mol. The van der Waals surface area contributed by atoms with E-state index in [1.54, 1.807) is 41.6 Å². The molecule has 152 valence electrons. The van der Waals surface area contributed by atoms with E-state index in [0.29, 0.717) is 24.3 Å². The van der Waals surface area contributed by atoms with Gasteiger partial charge in [-0.05, 0) is 55.2 Å². The largest absolute Gasteiger partial charge is 0.469 e. The van der Waals surface area contributed by atoms with Crippen molar-refractivity contribution in [1.29, 1.82) is 0 Å². The quantitative estimate of drug-likeness (QED) is 0.786. The first kappa shape index (κ1) is 20.5. The van der Waals surface area contributed by atoms with Crippen molar-refractivity contribution in [1.82, 2.24) is 9.88 Å². The first-order valence-electron chi connectivity index (χ1n) is 9.64. The Morgan fingerprint density at radius 2 is 1.97 bits per heavy atom. The van der Waals surface area contributed by atoms with Gasteiger partial charge >= 0.3 is 5.97 Å². The number of carbonyl (C=O) groups is 3. The van der Waals surface area contributed by atoms with Crippen LogP contribution in [0.15, 0.2) is 42.7 Å². The lowest BCUT2D eigenvalue weighted by molar-refractivity contribution is -0.146. The van der Waals surface area contributed by atoms with Crippen LogP contribution in [-0.2, 0) is 20.7 Å². The second-order valence-electron chi connectivity index (χ2n) is 7.22. The van der Waals surface area contributed by atoms with Crippen molar-refractivity contribution in [3.8, 4) is 0 Å². The molecule has 1 aromatic heterocycles. The molecular weight excluding hydrogens is 370 g/mol. The summed E-state index contributed by atoms with van der Waals surface area (Å²) in [5, 5.41) is 2.89. The summed E-state index contributed by atoms with van der Waals surface area (Å²) in [6.07, 6.45) is 5.00. The van der Waals surface area contributed by atoms with E-state index in [-0.39, 0.29) is 30.1 Å². The minimum Gasteiger partial charge on any atom is -0.469 e. The van der Waals surface area contributed by atoms with Crippen molar-refractivity contribution in [2.24, 2.45) is 5.92 Å². The Kier molecular flexibility index (Phi) is 6.59. The van der Waals surface area contributed by atoms with E-state index in [2.05, 4.69) is 10.3 Å². The number of esters is 1. The van der Waals surface area contributed by atoms with Crippen LogP contribution in [-0.4, -0.2) is 47.9 Å². The zero-order valence-corrected chi connectivity index (χ0v) is 16.7. The third kappa shape index (κ3) is 5.19. The summed E-state index contributed by atoms with van der Waals surface area (Å²) in [5.41, 5.74) is 2.83. The van der Waals surface area contributed by atoms with Gasteiger partial charge in [-0.3, -0.25) is 19.4 Å². The molecule has 0 aliphatic carbocycles. The topological polar surface area (TPSA) is 88.6 Å². The van der Waals surface area contributed by atoms with Gasteiger partial charge in [-0.25, -0.2) is 0 Å². The predicted octanol–water partition coefficient (Wildman–Crippen LogP) is 2.60. The van der Waals surface area contributed by atoms with Gasteiger partial charge in [0.25, 0.3) is 5.91 Å². The SMILES string of the molecule is COC(=O)C1CCCN(C(=O)c2ccc(C)c(NC(=O)Cc3ccncc3)c2)C1. The Labute approximate surface area is 170 Å². The van der Waals surface area contributed by atoms with E-state index in [9.17, 15) is 14.4 Å². The molecule has 0 bridgehead atoms. The van der Waals surface area contributed by atoms with Crippen molar-refractivity contribution < 1.29 is 19.1 Å². The standard InChI is InChI=1S/C22H25N3O4/c1-15-5-6-17(21(27)25-11-3-4-18(14-25)22(28)29-2)13-19(15)24-20(26)12-16-7-9-23-10-8-16/h5-10,13,18H,3-4,11-12,14H2,1-2H3,(H,24,26). The second-order valence-corrected chi connectivity index (χ2v) is 7.22.